The topological polar surface area (TPSA) is 65.5 Å². The number of rotatable bonds is 4. The van der Waals surface area contributed by atoms with E-state index in [-0.39, 0.29) is 23.9 Å². The van der Waals surface area contributed by atoms with Crippen molar-refractivity contribution in [2.24, 2.45) is 0 Å². The van der Waals surface area contributed by atoms with Gasteiger partial charge in [-0.25, -0.2) is 4.98 Å². The average Bonchev–Trinajstić information content (AvgIpc) is 2.33. The molecule has 0 spiro atoms. The van der Waals surface area contributed by atoms with Crippen LogP contribution in [0.2, 0.25) is 0 Å². The lowest BCUT2D eigenvalue weighted by Gasteiger charge is -1.93. The third-order valence-electron chi connectivity index (χ3n) is 0.989. The molecule has 0 unspecified atom stereocenters. The van der Waals surface area contributed by atoms with Crippen molar-refractivity contribution in [2.75, 3.05) is 0 Å². The standard InChI is InChI=1S/C6H5NO4S/c1-4-7-5(10-2-8)6(12-4)11-3-9/h2-3H,1H3. The van der Waals surface area contributed by atoms with Crippen LogP contribution in [0.25, 0.3) is 0 Å². The fraction of sp³-hybridized carbons (Fsp3) is 0.167. The summed E-state index contributed by atoms with van der Waals surface area (Å²) in [6.07, 6.45) is 0. The Balaban J connectivity index is 2.90. The number of ether oxygens (including phenoxy) is 2. The summed E-state index contributed by atoms with van der Waals surface area (Å²) in [5, 5.41) is 0.846. The molecule has 1 rings (SSSR count). The van der Waals surface area contributed by atoms with Gasteiger partial charge in [0, 0.05) is 0 Å². The lowest BCUT2D eigenvalue weighted by Crippen LogP contribution is -1.93. The Bertz CT molecular complexity index is 268. The van der Waals surface area contributed by atoms with Crippen molar-refractivity contribution in [3.63, 3.8) is 0 Å². The lowest BCUT2D eigenvalue weighted by atomic mass is 10.8. The van der Waals surface area contributed by atoms with Crippen LogP contribution in [0.3, 0.4) is 0 Å². The fourth-order valence-corrected chi connectivity index (χ4v) is 1.29. The summed E-state index contributed by atoms with van der Waals surface area (Å²) in [4.78, 5) is 23.7. The number of aromatic nitrogens is 1. The van der Waals surface area contributed by atoms with Gasteiger partial charge in [-0.1, -0.05) is 11.3 Å². The zero-order valence-electron chi connectivity index (χ0n) is 6.14. The van der Waals surface area contributed by atoms with Crippen LogP contribution in [0.5, 0.6) is 10.9 Å². The summed E-state index contributed by atoms with van der Waals surface area (Å²) in [5.74, 6) is 0.0274. The van der Waals surface area contributed by atoms with E-state index in [0.29, 0.717) is 5.01 Å². The number of thiazole rings is 1. The number of hydrogen-bond donors (Lipinski definition) is 0. The number of hydrogen-bond acceptors (Lipinski definition) is 6. The van der Waals surface area contributed by atoms with E-state index in [4.69, 9.17) is 0 Å². The van der Waals surface area contributed by atoms with Gasteiger partial charge in [0.1, 0.15) is 0 Å². The second-order valence-electron chi connectivity index (χ2n) is 1.75. The predicted octanol–water partition coefficient (Wildman–Crippen LogP) is 0.522. The van der Waals surface area contributed by atoms with Crippen LogP contribution in [0, 0.1) is 6.92 Å². The maximum absolute atomic E-state index is 9.95. The Hall–Kier alpha value is -1.43. The van der Waals surface area contributed by atoms with Crippen molar-refractivity contribution in [3.8, 4) is 10.9 Å². The number of aryl methyl sites for hydroxylation is 1. The molecule has 0 radical (unpaired) electrons. The minimum atomic E-state index is 0.0274. The molecule has 5 nitrogen and oxygen atoms in total. The molecule has 6 heteroatoms. The van der Waals surface area contributed by atoms with Crippen LogP contribution in [0.4, 0.5) is 0 Å². The number of nitrogens with zero attached hydrogens (tertiary/aromatic N) is 1. The lowest BCUT2D eigenvalue weighted by molar-refractivity contribution is -0.123. The van der Waals surface area contributed by atoms with Crippen molar-refractivity contribution < 1.29 is 19.1 Å². The summed E-state index contributed by atoms with van der Waals surface area (Å²) in [6, 6.07) is 0. The van der Waals surface area contributed by atoms with Gasteiger partial charge in [-0.2, -0.15) is 0 Å². The highest BCUT2D eigenvalue weighted by Gasteiger charge is 2.11. The molecule has 12 heavy (non-hydrogen) atoms. The second kappa shape index (κ2) is 3.82. The molecule has 1 aromatic rings. The van der Waals surface area contributed by atoms with Crippen LogP contribution >= 0.6 is 11.3 Å². The van der Waals surface area contributed by atoms with Crippen LogP contribution < -0.4 is 9.47 Å². The molecule has 0 saturated heterocycles. The minimum absolute atomic E-state index is 0.0274. The molecule has 0 N–H and O–H groups in total. The first-order valence-corrected chi connectivity index (χ1v) is 3.77. The second-order valence-corrected chi connectivity index (χ2v) is 2.92. The highest BCUT2D eigenvalue weighted by molar-refractivity contribution is 7.13. The van der Waals surface area contributed by atoms with Crippen molar-refractivity contribution in [1.29, 1.82) is 0 Å². The SMILES string of the molecule is Cc1nc(OC=O)c(OC=O)s1. The summed E-state index contributed by atoms with van der Waals surface area (Å²) in [7, 11) is 0. The molecule has 1 aromatic heterocycles. The van der Waals surface area contributed by atoms with E-state index in [1.54, 1.807) is 6.92 Å². The van der Waals surface area contributed by atoms with E-state index in [1.807, 2.05) is 0 Å². The maximum Gasteiger partial charge on any atom is 0.299 e. The van der Waals surface area contributed by atoms with E-state index >= 15 is 0 Å². The zero-order chi connectivity index (χ0) is 8.97. The molecule has 0 aromatic carbocycles. The van der Waals surface area contributed by atoms with E-state index in [9.17, 15) is 9.59 Å². The quantitative estimate of drug-likeness (QED) is 0.643. The summed E-state index contributed by atoms with van der Waals surface area (Å²) in [5.41, 5.74) is 0. The minimum Gasteiger partial charge on any atom is -0.412 e. The van der Waals surface area contributed by atoms with Gasteiger partial charge in [0.25, 0.3) is 18.8 Å². The van der Waals surface area contributed by atoms with Crippen molar-refractivity contribution in [2.45, 2.75) is 6.92 Å². The third-order valence-corrected chi connectivity index (χ3v) is 1.83. The Morgan fingerprint density at radius 1 is 1.33 bits per heavy atom. The molecular weight excluding hydrogens is 182 g/mol. The zero-order valence-corrected chi connectivity index (χ0v) is 6.96. The normalized spacial score (nSPS) is 9.08. The van der Waals surface area contributed by atoms with Gasteiger partial charge < -0.3 is 9.47 Å². The molecule has 0 bridgehead atoms. The highest BCUT2D eigenvalue weighted by atomic mass is 32.1. The third kappa shape index (κ3) is 1.79. The average molecular weight is 187 g/mol. The first-order chi connectivity index (χ1) is 5.77. The number of carbonyl (C=O) groups excluding carboxylic acids is 2. The molecule has 0 amide bonds. The van der Waals surface area contributed by atoms with E-state index in [2.05, 4.69) is 14.5 Å². The van der Waals surface area contributed by atoms with Crippen LogP contribution in [-0.2, 0) is 9.59 Å². The highest BCUT2D eigenvalue weighted by Crippen LogP contribution is 2.32. The molecule has 1 heterocycles. The smallest absolute Gasteiger partial charge is 0.299 e. The Morgan fingerprint density at radius 2 is 2.00 bits per heavy atom. The van der Waals surface area contributed by atoms with E-state index < -0.39 is 0 Å². The Labute approximate surface area is 71.9 Å². The van der Waals surface area contributed by atoms with Crippen LogP contribution in [-0.4, -0.2) is 17.9 Å². The Kier molecular flexibility index (Phi) is 2.76. The molecule has 0 atom stereocenters. The molecule has 0 saturated carbocycles. The molecule has 0 aliphatic rings. The number of carbonyl (C=O) groups is 2. The summed E-state index contributed by atoms with van der Waals surface area (Å²) in [6.45, 7) is 2.19. The van der Waals surface area contributed by atoms with Crippen molar-refractivity contribution in [3.05, 3.63) is 5.01 Å². The first kappa shape index (κ1) is 8.66. The molecule has 0 aliphatic heterocycles. The van der Waals surface area contributed by atoms with Gasteiger partial charge in [0.05, 0.1) is 5.01 Å². The molecular formula is C6H5NO4S. The predicted molar refractivity (Wildman–Crippen MR) is 40.2 cm³/mol. The maximum atomic E-state index is 9.95. The van der Waals surface area contributed by atoms with Crippen molar-refractivity contribution in [1.82, 2.24) is 4.98 Å². The fourth-order valence-electron chi connectivity index (χ4n) is 0.627. The van der Waals surface area contributed by atoms with Crippen molar-refractivity contribution >= 4 is 24.3 Å². The summed E-state index contributed by atoms with van der Waals surface area (Å²) < 4.78 is 8.95. The van der Waals surface area contributed by atoms with Gasteiger partial charge in [0.15, 0.2) is 0 Å². The summed E-state index contributed by atoms with van der Waals surface area (Å²) >= 11 is 1.13. The molecule has 64 valence electrons. The van der Waals surface area contributed by atoms with E-state index in [1.165, 1.54) is 0 Å². The monoisotopic (exact) mass is 187 g/mol. The van der Waals surface area contributed by atoms with Gasteiger partial charge in [-0.15, -0.1) is 0 Å². The Morgan fingerprint density at radius 3 is 2.58 bits per heavy atom. The molecule has 0 aliphatic carbocycles. The van der Waals surface area contributed by atoms with Gasteiger partial charge in [0.2, 0.25) is 5.06 Å². The van der Waals surface area contributed by atoms with Crippen LogP contribution in [0.15, 0.2) is 0 Å². The van der Waals surface area contributed by atoms with E-state index in [0.717, 1.165) is 11.3 Å². The largest absolute Gasteiger partial charge is 0.412 e. The molecule has 0 fully saturated rings. The van der Waals surface area contributed by atoms with Gasteiger partial charge in [-0.05, 0) is 6.92 Å². The van der Waals surface area contributed by atoms with Crippen LogP contribution in [0.1, 0.15) is 5.01 Å². The van der Waals surface area contributed by atoms with Gasteiger partial charge in [-0.3, -0.25) is 9.59 Å². The van der Waals surface area contributed by atoms with Gasteiger partial charge >= 0.3 is 0 Å². The first-order valence-electron chi connectivity index (χ1n) is 2.96.